The normalized spacial score (nSPS) is 27.5. The van der Waals surface area contributed by atoms with Crippen LogP contribution in [0.25, 0.3) is 0 Å². The molecule has 1 aromatic carbocycles. The van der Waals surface area contributed by atoms with Gasteiger partial charge < -0.3 is 5.32 Å². The van der Waals surface area contributed by atoms with E-state index in [1.165, 1.54) is 4.31 Å². The predicted molar refractivity (Wildman–Crippen MR) is 69.7 cm³/mol. The Morgan fingerprint density at radius 1 is 1.25 bits per heavy atom. The first-order valence-corrected chi connectivity index (χ1v) is 8.03. The molecule has 3 rings (SSSR count). The quantitative estimate of drug-likeness (QED) is 0.897. The van der Waals surface area contributed by atoms with Gasteiger partial charge in [-0.15, -0.1) is 0 Å². The summed E-state index contributed by atoms with van der Waals surface area (Å²) in [5, 5.41) is 3.23. The molecule has 1 spiro atoms. The molecule has 2 heterocycles. The molecule has 1 aromatic rings. The van der Waals surface area contributed by atoms with Gasteiger partial charge in [0.25, 0.3) is 0 Å². The number of halogens is 2. The Morgan fingerprint density at radius 2 is 2.05 bits per heavy atom. The van der Waals surface area contributed by atoms with E-state index in [0.717, 1.165) is 44.1 Å². The van der Waals surface area contributed by atoms with Crippen LogP contribution in [0.4, 0.5) is 8.78 Å². The number of nitrogens with zero attached hydrogens (tertiary/aromatic N) is 1. The summed E-state index contributed by atoms with van der Waals surface area (Å²) in [6.45, 7) is 2.39. The van der Waals surface area contributed by atoms with Crippen molar-refractivity contribution in [1.82, 2.24) is 9.62 Å². The molecular weight excluding hydrogens is 286 g/mol. The Morgan fingerprint density at radius 3 is 2.75 bits per heavy atom. The van der Waals surface area contributed by atoms with E-state index >= 15 is 0 Å². The van der Waals surface area contributed by atoms with Gasteiger partial charge in [-0.2, -0.15) is 4.31 Å². The SMILES string of the molecule is O=S(=O)(c1cc(F)ccc1F)N1CCC2(CCNC2)C1. The minimum Gasteiger partial charge on any atom is -0.316 e. The summed E-state index contributed by atoms with van der Waals surface area (Å²) in [6.07, 6.45) is 1.68. The smallest absolute Gasteiger partial charge is 0.246 e. The van der Waals surface area contributed by atoms with E-state index in [2.05, 4.69) is 5.32 Å². The van der Waals surface area contributed by atoms with E-state index in [1.54, 1.807) is 0 Å². The molecule has 0 saturated carbocycles. The van der Waals surface area contributed by atoms with Crippen molar-refractivity contribution in [2.24, 2.45) is 5.41 Å². The van der Waals surface area contributed by atoms with Gasteiger partial charge in [0.15, 0.2) is 0 Å². The van der Waals surface area contributed by atoms with Crippen molar-refractivity contribution in [1.29, 1.82) is 0 Å². The Labute approximate surface area is 116 Å². The van der Waals surface area contributed by atoms with Gasteiger partial charge in [-0.25, -0.2) is 17.2 Å². The zero-order chi connectivity index (χ0) is 14.4. The van der Waals surface area contributed by atoms with Crippen molar-refractivity contribution in [2.45, 2.75) is 17.7 Å². The Kier molecular flexibility index (Phi) is 3.30. The highest BCUT2D eigenvalue weighted by Crippen LogP contribution is 2.38. The molecule has 0 radical (unpaired) electrons. The summed E-state index contributed by atoms with van der Waals surface area (Å²) < 4.78 is 53.1. The van der Waals surface area contributed by atoms with Gasteiger partial charge >= 0.3 is 0 Å². The molecule has 2 aliphatic rings. The molecule has 0 aromatic heterocycles. The van der Waals surface area contributed by atoms with Crippen molar-refractivity contribution < 1.29 is 17.2 Å². The van der Waals surface area contributed by atoms with Crippen LogP contribution in [-0.4, -0.2) is 38.9 Å². The minimum atomic E-state index is -3.96. The summed E-state index contributed by atoms with van der Waals surface area (Å²) in [5.74, 6) is -1.65. The highest BCUT2D eigenvalue weighted by molar-refractivity contribution is 7.89. The summed E-state index contributed by atoms with van der Waals surface area (Å²) in [7, 11) is -3.96. The summed E-state index contributed by atoms with van der Waals surface area (Å²) in [4.78, 5) is -0.569. The van der Waals surface area contributed by atoms with Gasteiger partial charge in [-0.3, -0.25) is 0 Å². The molecule has 1 N–H and O–H groups in total. The van der Waals surface area contributed by atoms with Crippen molar-refractivity contribution in [3.05, 3.63) is 29.8 Å². The largest absolute Gasteiger partial charge is 0.316 e. The number of hydrogen-bond donors (Lipinski definition) is 1. The summed E-state index contributed by atoms with van der Waals surface area (Å²) in [6, 6.07) is 2.52. The maximum Gasteiger partial charge on any atom is 0.246 e. The number of sulfonamides is 1. The fraction of sp³-hybridized carbons (Fsp3) is 0.538. The highest BCUT2D eigenvalue weighted by Gasteiger charge is 2.45. The first kappa shape index (κ1) is 13.9. The van der Waals surface area contributed by atoms with Gasteiger partial charge in [-0.1, -0.05) is 0 Å². The third kappa shape index (κ3) is 2.23. The second kappa shape index (κ2) is 4.75. The Balaban J connectivity index is 1.91. The second-order valence-electron chi connectivity index (χ2n) is 5.59. The monoisotopic (exact) mass is 302 g/mol. The molecule has 2 fully saturated rings. The van der Waals surface area contributed by atoms with Crippen molar-refractivity contribution in [2.75, 3.05) is 26.2 Å². The zero-order valence-electron chi connectivity index (χ0n) is 10.9. The molecule has 0 bridgehead atoms. The lowest BCUT2D eigenvalue weighted by Crippen LogP contribution is -2.33. The van der Waals surface area contributed by atoms with E-state index < -0.39 is 26.6 Å². The van der Waals surface area contributed by atoms with Crippen LogP contribution in [0.3, 0.4) is 0 Å². The molecule has 0 aliphatic carbocycles. The molecule has 0 amide bonds. The van der Waals surface area contributed by atoms with Gasteiger partial charge in [-0.05, 0) is 43.0 Å². The van der Waals surface area contributed by atoms with Crippen LogP contribution in [0.1, 0.15) is 12.8 Å². The van der Waals surface area contributed by atoms with Crippen LogP contribution < -0.4 is 5.32 Å². The lowest BCUT2D eigenvalue weighted by molar-refractivity contribution is 0.337. The summed E-state index contributed by atoms with van der Waals surface area (Å²) >= 11 is 0. The van der Waals surface area contributed by atoms with Crippen LogP contribution in [0, 0.1) is 17.0 Å². The molecule has 2 aliphatic heterocycles. The van der Waals surface area contributed by atoms with Crippen LogP contribution in [0.15, 0.2) is 23.1 Å². The molecule has 1 unspecified atom stereocenters. The maximum absolute atomic E-state index is 13.7. The van der Waals surface area contributed by atoms with Crippen LogP contribution in [0.5, 0.6) is 0 Å². The Hall–Kier alpha value is -1.05. The molecule has 7 heteroatoms. The zero-order valence-corrected chi connectivity index (χ0v) is 11.7. The van der Waals surface area contributed by atoms with E-state index in [4.69, 9.17) is 0 Å². The van der Waals surface area contributed by atoms with Crippen molar-refractivity contribution in [3.63, 3.8) is 0 Å². The standard InChI is InChI=1S/C13H16F2N2O2S/c14-10-1-2-11(15)12(7-10)20(18,19)17-6-4-13(9-17)3-5-16-8-13/h1-2,7,16H,3-6,8-9H2. The number of rotatable bonds is 2. The third-order valence-corrected chi connectivity index (χ3v) is 6.11. The third-order valence-electron chi connectivity index (χ3n) is 4.25. The molecule has 20 heavy (non-hydrogen) atoms. The predicted octanol–water partition coefficient (Wildman–Crippen LogP) is 1.34. The van der Waals surface area contributed by atoms with E-state index in [0.29, 0.717) is 13.1 Å². The van der Waals surface area contributed by atoms with Crippen LogP contribution in [0.2, 0.25) is 0 Å². The maximum atomic E-state index is 13.7. The first-order valence-electron chi connectivity index (χ1n) is 6.59. The van der Waals surface area contributed by atoms with Gasteiger partial charge in [0.1, 0.15) is 16.5 Å². The minimum absolute atomic E-state index is 0.0448. The van der Waals surface area contributed by atoms with Crippen molar-refractivity contribution in [3.8, 4) is 0 Å². The lowest BCUT2D eigenvalue weighted by Gasteiger charge is -2.22. The van der Waals surface area contributed by atoms with Gasteiger partial charge in [0.05, 0.1) is 0 Å². The van der Waals surface area contributed by atoms with Crippen LogP contribution in [-0.2, 0) is 10.0 Å². The van der Waals surface area contributed by atoms with E-state index in [-0.39, 0.29) is 5.41 Å². The van der Waals surface area contributed by atoms with Crippen molar-refractivity contribution >= 4 is 10.0 Å². The first-order chi connectivity index (χ1) is 9.43. The lowest BCUT2D eigenvalue weighted by atomic mass is 9.87. The molecule has 2 saturated heterocycles. The number of benzene rings is 1. The fourth-order valence-corrected chi connectivity index (χ4v) is 4.69. The highest BCUT2D eigenvalue weighted by atomic mass is 32.2. The number of nitrogens with one attached hydrogen (secondary N) is 1. The summed E-state index contributed by atoms with van der Waals surface area (Å²) in [5.41, 5.74) is -0.0448. The molecule has 110 valence electrons. The van der Waals surface area contributed by atoms with E-state index in [1.807, 2.05) is 0 Å². The molecule has 1 atom stereocenters. The molecule has 4 nitrogen and oxygen atoms in total. The number of hydrogen-bond acceptors (Lipinski definition) is 3. The van der Waals surface area contributed by atoms with Gasteiger partial charge in [0, 0.05) is 19.6 Å². The Bertz CT molecular complexity index is 627. The second-order valence-corrected chi connectivity index (χ2v) is 7.50. The average Bonchev–Trinajstić information content (AvgIpc) is 3.04. The fourth-order valence-electron chi connectivity index (χ4n) is 3.06. The van der Waals surface area contributed by atoms with Crippen LogP contribution >= 0.6 is 0 Å². The topological polar surface area (TPSA) is 49.4 Å². The van der Waals surface area contributed by atoms with E-state index in [9.17, 15) is 17.2 Å². The average molecular weight is 302 g/mol. The van der Waals surface area contributed by atoms with Gasteiger partial charge in [0.2, 0.25) is 10.0 Å². The molecular formula is C13H16F2N2O2S.